The van der Waals surface area contributed by atoms with Crippen molar-refractivity contribution in [3.63, 3.8) is 0 Å². The predicted octanol–water partition coefficient (Wildman–Crippen LogP) is 3.14. The molecule has 13 heavy (non-hydrogen) atoms. The third-order valence-electron chi connectivity index (χ3n) is 1.20. The van der Waals surface area contributed by atoms with Crippen LogP contribution in [0.25, 0.3) is 0 Å². The zero-order valence-electron chi connectivity index (χ0n) is 19.2. The first kappa shape index (κ1) is 2.53. The van der Waals surface area contributed by atoms with Gasteiger partial charge in [-0.3, -0.25) is 0 Å². The zero-order chi connectivity index (χ0) is 20.7. The number of hydrogen-bond acceptors (Lipinski definition) is 3. The van der Waals surface area contributed by atoms with Crippen molar-refractivity contribution in [1.82, 2.24) is 4.98 Å². The third-order valence-corrected chi connectivity index (χ3v) is 2.59. The molecule has 0 atom stereocenters. The largest absolute Gasteiger partial charge is 0.348 e. The number of piperidine rings is 1. The van der Waals surface area contributed by atoms with E-state index in [2.05, 4.69) is 20.9 Å². The second-order valence-electron chi connectivity index (χ2n) is 2.07. The van der Waals surface area contributed by atoms with E-state index in [1.54, 1.807) is 0 Å². The van der Waals surface area contributed by atoms with Crippen LogP contribution in [0, 0.1) is 5.89 Å². The van der Waals surface area contributed by atoms with Gasteiger partial charge >= 0.3 is 0 Å². The first-order chi connectivity index (χ1) is 11.3. The first-order valence-electron chi connectivity index (χ1n) is 9.72. The second kappa shape index (κ2) is 3.96. The van der Waals surface area contributed by atoms with Crippen LogP contribution in [-0.2, 0) is 0 Å². The van der Waals surface area contributed by atoms with E-state index in [1.165, 1.54) is 0 Å². The van der Waals surface area contributed by atoms with Crippen LogP contribution in [0.15, 0.2) is 9.96 Å². The molecular weight excluding hydrogens is 248 g/mol. The van der Waals surface area contributed by atoms with Crippen molar-refractivity contribution >= 4 is 32.4 Å². The summed E-state index contributed by atoms with van der Waals surface area (Å²) in [6, 6.07) is 0. The van der Waals surface area contributed by atoms with Crippen LogP contribution in [0.5, 0.6) is 0 Å². The summed E-state index contributed by atoms with van der Waals surface area (Å²) < 4.78 is 103. The van der Waals surface area contributed by atoms with Gasteiger partial charge in [-0.15, -0.1) is 0 Å². The van der Waals surface area contributed by atoms with Gasteiger partial charge in [0.25, 0.3) is 0 Å². The highest BCUT2D eigenvalue weighted by Gasteiger charge is 2.17. The maximum absolute atomic E-state index is 8.11. The Hall–Kier alpha value is -0.0900. The van der Waals surface area contributed by atoms with E-state index >= 15 is 0 Å². The van der Waals surface area contributed by atoms with Crippen LogP contribution in [-0.4, -0.2) is 18.0 Å². The molecule has 0 unspecified atom stereocenters. The highest BCUT2D eigenvalue weighted by molar-refractivity contribution is 9.11. The summed E-state index contributed by atoms with van der Waals surface area (Å²) in [7, 11) is 0. The Morgan fingerprint density at radius 3 is 3.23 bits per heavy atom. The highest BCUT2D eigenvalue weighted by atomic mass is 79.9. The van der Waals surface area contributed by atoms with E-state index in [0.717, 1.165) is 0 Å². The van der Waals surface area contributed by atoms with E-state index in [9.17, 15) is 0 Å². The van der Waals surface area contributed by atoms with Crippen molar-refractivity contribution in [3.8, 4) is 0 Å². The van der Waals surface area contributed by atoms with Gasteiger partial charge in [-0.05, 0) is 34.6 Å². The normalized spacial score (nSPS) is 53.0. The number of anilines is 1. The van der Waals surface area contributed by atoms with Crippen molar-refractivity contribution in [1.29, 1.82) is 0 Å². The molecule has 0 saturated carbocycles. The molecule has 0 N–H and O–H groups in total. The van der Waals surface area contributed by atoms with Crippen molar-refractivity contribution in [2.75, 3.05) is 17.9 Å². The fourth-order valence-corrected chi connectivity index (χ4v) is 1.74. The molecule has 0 amide bonds. The Labute approximate surface area is 109 Å². The molecular formula is C9H13BrN2S. The lowest BCUT2D eigenvalue weighted by molar-refractivity contribution is 0.438. The van der Waals surface area contributed by atoms with Gasteiger partial charge < -0.3 is 4.90 Å². The molecule has 1 saturated heterocycles. The molecule has 2 heterocycles. The number of thiazole rings is 1. The van der Waals surface area contributed by atoms with Gasteiger partial charge in [-0.1, -0.05) is 18.2 Å². The Kier molecular flexibility index (Phi) is 0.771. The molecule has 1 aliphatic rings. The van der Waals surface area contributed by atoms with Gasteiger partial charge in [-0.25, -0.2) is 4.98 Å². The molecule has 0 aliphatic carbocycles. The van der Waals surface area contributed by atoms with Gasteiger partial charge in [0.2, 0.25) is 0 Å². The minimum atomic E-state index is -3.77. The van der Waals surface area contributed by atoms with Gasteiger partial charge in [0.15, 0.2) is 5.13 Å². The molecule has 72 valence electrons. The lowest BCUT2D eigenvalue weighted by Crippen LogP contribution is -2.32. The molecule has 1 aromatic heterocycles. The van der Waals surface area contributed by atoms with Crippen LogP contribution in [0.1, 0.15) is 37.4 Å². The summed E-state index contributed by atoms with van der Waals surface area (Å²) in [5.74, 6) is -3.77. The molecule has 2 nitrogen and oxygen atoms in total. The van der Waals surface area contributed by atoms with Gasteiger partial charge in [0, 0.05) is 29.4 Å². The van der Waals surface area contributed by atoms with Crippen molar-refractivity contribution < 1.29 is 17.8 Å². The lowest BCUT2D eigenvalue weighted by atomic mass is 10.00. The Morgan fingerprint density at radius 1 is 1.92 bits per heavy atom. The highest BCUT2D eigenvalue weighted by Crippen LogP contribution is 2.29. The molecule has 0 spiro atoms. The number of hydrogen-bond donors (Lipinski definition) is 0. The third kappa shape index (κ3) is 2.23. The van der Waals surface area contributed by atoms with Crippen LogP contribution in [0.3, 0.4) is 0 Å². The molecule has 4 heteroatoms. The molecule has 1 aliphatic heterocycles. The zero-order valence-corrected chi connectivity index (χ0v) is 8.58. The van der Waals surface area contributed by atoms with Crippen LogP contribution in [0.2, 0.25) is 0 Å². The number of nitrogens with zero attached hydrogens (tertiary/aromatic N) is 2. The number of rotatable bonds is 1. The van der Waals surface area contributed by atoms with E-state index in [1.807, 2.05) is 0 Å². The molecule has 2 rings (SSSR count). The first-order valence-corrected chi connectivity index (χ1v) is 4.82. The summed E-state index contributed by atoms with van der Waals surface area (Å²) in [5, 5.41) is -0.558. The van der Waals surface area contributed by atoms with Gasteiger partial charge in [0.05, 0.1) is 11.3 Å². The fourth-order valence-electron chi connectivity index (χ4n) is 0.692. The Bertz CT molecular complexity index is 678. The minimum absolute atomic E-state index is 0.0476. The quantitative estimate of drug-likeness (QED) is 0.782. The monoisotopic (exact) mass is 273 g/mol. The van der Waals surface area contributed by atoms with Crippen LogP contribution < -0.4 is 4.90 Å². The van der Waals surface area contributed by atoms with Crippen LogP contribution in [0.4, 0.5) is 5.13 Å². The Morgan fingerprint density at radius 2 is 2.69 bits per heavy atom. The summed E-state index contributed by atoms with van der Waals surface area (Å²) in [6.45, 7) is -10.6. The van der Waals surface area contributed by atoms with Crippen LogP contribution >= 0.6 is 27.3 Å². The standard InChI is InChI=1S/C9H13BrN2S/c1-7-2-4-12(5-3-7)9-11-6-8(10)13-9/h6-7H,2-5H2,1H3/i1D3,2D2,3D2,4D2,5D2,6D,7D. The molecule has 0 radical (unpaired) electrons. The minimum Gasteiger partial charge on any atom is -0.348 e. The second-order valence-corrected chi connectivity index (χ2v) is 4.36. The van der Waals surface area contributed by atoms with E-state index in [0.29, 0.717) is 11.3 Å². The van der Waals surface area contributed by atoms with E-state index in [-0.39, 0.29) is 8.69 Å². The average Bonchev–Trinajstić information content (AvgIpc) is 2.73. The van der Waals surface area contributed by atoms with Crippen molar-refractivity contribution in [3.05, 3.63) is 9.96 Å². The lowest BCUT2D eigenvalue weighted by Gasteiger charge is -2.29. The topological polar surface area (TPSA) is 16.1 Å². The van der Waals surface area contributed by atoms with Crippen molar-refractivity contribution in [2.24, 2.45) is 5.89 Å². The van der Waals surface area contributed by atoms with Crippen molar-refractivity contribution in [2.45, 2.75) is 19.6 Å². The fraction of sp³-hybridized carbons (Fsp3) is 0.667. The molecule has 1 fully saturated rings. The molecule has 1 aromatic rings. The number of halogens is 1. The summed E-state index contributed by atoms with van der Waals surface area (Å²) in [6.07, 6.45) is -7.77. The smallest absolute Gasteiger partial charge is 0.186 e. The SMILES string of the molecule is [2H]c1nc(N2C([2H])([2H])C([2H])([2H])C([2H])(C([2H])([2H])[2H])C([2H])([2H])C2([2H])[2H])sc1Br. The van der Waals surface area contributed by atoms with E-state index < -0.39 is 49.8 Å². The maximum Gasteiger partial charge on any atom is 0.186 e. The average molecular weight is 274 g/mol. The van der Waals surface area contributed by atoms with E-state index in [4.69, 9.17) is 17.8 Å². The summed E-state index contributed by atoms with van der Waals surface area (Å²) in [5.41, 5.74) is 0. The maximum atomic E-state index is 8.11. The summed E-state index contributed by atoms with van der Waals surface area (Å²) in [4.78, 5) is 3.66. The van der Waals surface area contributed by atoms with Gasteiger partial charge in [0.1, 0.15) is 0 Å². The number of aromatic nitrogens is 1. The summed E-state index contributed by atoms with van der Waals surface area (Å²) >= 11 is 3.51. The predicted molar refractivity (Wildman–Crippen MR) is 60.4 cm³/mol. The van der Waals surface area contributed by atoms with Gasteiger partial charge in [-0.2, -0.15) is 0 Å². The Balaban J connectivity index is 2.89. The molecule has 0 aromatic carbocycles. The molecule has 0 bridgehead atoms.